The molecule has 244 valence electrons. The summed E-state index contributed by atoms with van der Waals surface area (Å²) in [5.74, 6) is -3.98. The molecule has 0 saturated carbocycles. The van der Waals surface area contributed by atoms with Gasteiger partial charge in [0.05, 0.1) is 6.04 Å². The van der Waals surface area contributed by atoms with Crippen LogP contribution >= 0.6 is 0 Å². The molecule has 0 radical (unpaired) electrons. The summed E-state index contributed by atoms with van der Waals surface area (Å²) in [5.41, 5.74) is 14.8. The van der Waals surface area contributed by atoms with Crippen LogP contribution in [0, 0.1) is 5.92 Å². The van der Waals surface area contributed by atoms with E-state index in [4.69, 9.17) is 11.5 Å². The Kier molecular flexibility index (Phi) is 11.2. The SMILES string of the molecule is CC(C)CC(NC(=O)C(Cc1c[nH]c2ccccc12)NC(=O)C(CCC(N)=O)NC(=O)C(N)Cc1c[nH]c2ccccc12)C(=O)O. The fraction of sp³-hybridized carbons (Fsp3) is 0.364. The van der Waals surface area contributed by atoms with Gasteiger partial charge in [-0.25, -0.2) is 4.79 Å². The van der Waals surface area contributed by atoms with Crippen molar-refractivity contribution in [2.45, 2.75) is 70.1 Å². The van der Waals surface area contributed by atoms with Gasteiger partial charge in [0.15, 0.2) is 0 Å². The van der Waals surface area contributed by atoms with Crippen molar-refractivity contribution in [3.05, 3.63) is 72.1 Å². The summed E-state index contributed by atoms with van der Waals surface area (Å²) in [6.07, 6.45) is 3.51. The number of hydrogen-bond donors (Lipinski definition) is 8. The molecule has 2 aromatic heterocycles. The topological polar surface area (TPSA) is 225 Å². The maximum Gasteiger partial charge on any atom is 0.326 e. The molecule has 0 aliphatic rings. The van der Waals surface area contributed by atoms with Crippen LogP contribution in [-0.2, 0) is 36.8 Å². The third-order valence-corrected chi connectivity index (χ3v) is 7.82. The Morgan fingerprint density at radius 2 is 1.24 bits per heavy atom. The van der Waals surface area contributed by atoms with Crippen LogP contribution in [0.2, 0.25) is 0 Å². The van der Waals surface area contributed by atoms with Gasteiger partial charge in [0.25, 0.3) is 0 Å². The summed E-state index contributed by atoms with van der Waals surface area (Å²) in [7, 11) is 0. The van der Waals surface area contributed by atoms with E-state index < -0.39 is 53.8 Å². The molecule has 4 rings (SSSR count). The maximum atomic E-state index is 13.7. The highest BCUT2D eigenvalue weighted by atomic mass is 16.4. The number of nitrogens with two attached hydrogens (primary N) is 2. The minimum absolute atomic E-state index is 0.0200. The molecule has 4 unspecified atom stereocenters. The number of H-pyrrole nitrogens is 2. The van der Waals surface area contributed by atoms with Crippen molar-refractivity contribution >= 4 is 51.4 Å². The predicted molar refractivity (Wildman–Crippen MR) is 173 cm³/mol. The lowest BCUT2D eigenvalue weighted by atomic mass is 10.0. The van der Waals surface area contributed by atoms with Crippen molar-refractivity contribution < 1.29 is 29.1 Å². The van der Waals surface area contributed by atoms with E-state index >= 15 is 0 Å². The van der Waals surface area contributed by atoms with Gasteiger partial charge in [-0.15, -0.1) is 0 Å². The monoisotopic (exact) mass is 631 g/mol. The number of carboxylic acids is 1. The summed E-state index contributed by atoms with van der Waals surface area (Å²) in [6, 6.07) is 10.3. The first kappa shape index (κ1) is 33.7. The predicted octanol–water partition coefficient (Wildman–Crippen LogP) is 1.61. The van der Waals surface area contributed by atoms with E-state index in [2.05, 4.69) is 25.9 Å². The number of carbonyl (C=O) groups is 5. The number of carboxylic acid groups (broad SMARTS) is 1. The summed E-state index contributed by atoms with van der Waals surface area (Å²) in [6.45, 7) is 3.67. The second kappa shape index (κ2) is 15.2. The van der Waals surface area contributed by atoms with Crippen LogP contribution in [0.25, 0.3) is 21.8 Å². The molecule has 0 aliphatic carbocycles. The molecule has 13 heteroatoms. The highest BCUT2D eigenvalue weighted by molar-refractivity contribution is 5.95. The molecule has 46 heavy (non-hydrogen) atoms. The molecule has 2 heterocycles. The molecule has 4 amide bonds. The van der Waals surface area contributed by atoms with E-state index in [-0.39, 0.29) is 38.0 Å². The second-order valence-corrected chi connectivity index (χ2v) is 11.9. The van der Waals surface area contributed by atoms with Crippen molar-refractivity contribution in [2.75, 3.05) is 0 Å². The van der Waals surface area contributed by atoms with E-state index in [1.807, 2.05) is 62.4 Å². The Labute approximate surface area is 265 Å². The number of aliphatic carboxylic acids is 1. The lowest BCUT2D eigenvalue weighted by Gasteiger charge is -2.25. The second-order valence-electron chi connectivity index (χ2n) is 11.9. The first-order valence-electron chi connectivity index (χ1n) is 15.2. The highest BCUT2D eigenvalue weighted by Gasteiger charge is 2.31. The Balaban J connectivity index is 1.54. The normalized spacial score (nSPS) is 14.0. The van der Waals surface area contributed by atoms with Crippen LogP contribution < -0.4 is 27.4 Å². The molecule has 4 atom stereocenters. The van der Waals surface area contributed by atoms with Gasteiger partial charge in [0.1, 0.15) is 18.1 Å². The van der Waals surface area contributed by atoms with Crippen LogP contribution in [0.3, 0.4) is 0 Å². The molecule has 0 spiro atoms. The highest BCUT2D eigenvalue weighted by Crippen LogP contribution is 2.21. The van der Waals surface area contributed by atoms with E-state index in [1.54, 1.807) is 12.4 Å². The lowest BCUT2D eigenvalue weighted by Crippen LogP contribution is -2.58. The fourth-order valence-electron chi connectivity index (χ4n) is 5.43. The van der Waals surface area contributed by atoms with Gasteiger partial charge in [-0.2, -0.15) is 0 Å². The van der Waals surface area contributed by atoms with Crippen molar-refractivity contribution in [3.63, 3.8) is 0 Å². The molecule has 13 nitrogen and oxygen atoms in total. The minimum Gasteiger partial charge on any atom is -0.480 e. The standard InChI is InChI=1S/C33H41N7O6/c1-18(2)13-28(33(45)46)40-32(44)27(15-20-17-37-25-10-6-4-8-22(20)25)39-31(43)26(11-12-29(35)41)38-30(42)23(34)14-19-16-36-24-9-5-3-7-21(19)24/h3-10,16-18,23,26-28,36-37H,11-15,34H2,1-2H3,(H2,35,41)(H,38,42)(H,39,43)(H,40,44)(H,45,46). The lowest BCUT2D eigenvalue weighted by molar-refractivity contribution is -0.142. The number of aromatic nitrogens is 2. The van der Waals surface area contributed by atoms with Crippen molar-refractivity contribution in [2.24, 2.45) is 17.4 Å². The molecule has 0 bridgehead atoms. The minimum atomic E-state index is -1.25. The van der Waals surface area contributed by atoms with E-state index in [0.29, 0.717) is 5.56 Å². The van der Waals surface area contributed by atoms with Crippen molar-refractivity contribution in [1.29, 1.82) is 0 Å². The number of aromatic amines is 2. The molecule has 4 aromatic rings. The van der Waals surface area contributed by atoms with Crippen LogP contribution in [0.4, 0.5) is 0 Å². The number of hydrogen-bond acceptors (Lipinski definition) is 6. The molecule has 0 fully saturated rings. The summed E-state index contributed by atoms with van der Waals surface area (Å²) in [5, 5.41) is 19.3. The molecule has 2 aromatic carbocycles. The number of rotatable bonds is 16. The Hall–Kier alpha value is -5.17. The van der Waals surface area contributed by atoms with Crippen LogP contribution in [0.5, 0.6) is 0 Å². The van der Waals surface area contributed by atoms with Gasteiger partial charge in [-0.05, 0) is 48.4 Å². The van der Waals surface area contributed by atoms with Gasteiger partial charge in [-0.3, -0.25) is 19.2 Å². The zero-order chi connectivity index (χ0) is 33.4. The third kappa shape index (κ3) is 8.72. The quantitative estimate of drug-likeness (QED) is 0.0911. The first-order valence-corrected chi connectivity index (χ1v) is 15.2. The smallest absolute Gasteiger partial charge is 0.326 e. The third-order valence-electron chi connectivity index (χ3n) is 7.82. The summed E-state index contributed by atoms with van der Waals surface area (Å²) in [4.78, 5) is 70.3. The number of benzene rings is 2. The van der Waals surface area contributed by atoms with Crippen LogP contribution in [-0.4, -0.2) is 68.8 Å². The van der Waals surface area contributed by atoms with Gasteiger partial charge < -0.3 is 42.5 Å². The number of fused-ring (bicyclic) bond motifs is 2. The Bertz CT molecular complexity index is 1710. The maximum absolute atomic E-state index is 13.7. The zero-order valence-electron chi connectivity index (χ0n) is 25.8. The molecular weight excluding hydrogens is 590 g/mol. The van der Waals surface area contributed by atoms with Crippen LogP contribution in [0.15, 0.2) is 60.9 Å². The van der Waals surface area contributed by atoms with Crippen LogP contribution in [0.1, 0.15) is 44.2 Å². The average Bonchev–Trinajstić information content (AvgIpc) is 3.62. The molecule has 10 N–H and O–H groups in total. The van der Waals surface area contributed by atoms with Gasteiger partial charge in [0.2, 0.25) is 23.6 Å². The Morgan fingerprint density at radius 3 is 1.78 bits per heavy atom. The van der Waals surface area contributed by atoms with Crippen molar-refractivity contribution in [1.82, 2.24) is 25.9 Å². The van der Waals surface area contributed by atoms with E-state index in [0.717, 1.165) is 27.4 Å². The van der Waals surface area contributed by atoms with E-state index in [1.165, 1.54) is 0 Å². The Morgan fingerprint density at radius 1 is 0.739 bits per heavy atom. The van der Waals surface area contributed by atoms with Gasteiger partial charge in [-0.1, -0.05) is 50.2 Å². The number of amides is 4. The fourth-order valence-corrected chi connectivity index (χ4v) is 5.43. The average molecular weight is 632 g/mol. The number of para-hydroxylation sites is 2. The largest absolute Gasteiger partial charge is 0.480 e. The van der Waals surface area contributed by atoms with Gasteiger partial charge in [0, 0.05) is 47.0 Å². The molecule has 0 aliphatic heterocycles. The number of nitrogens with one attached hydrogen (secondary N) is 5. The van der Waals surface area contributed by atoms with Gasteiger partial charge >= 0.3 is 5.97 Å². The van der Waals surface area contributed by atoms with E-state index in [9.17, 15) is 29.1 Å². The van der Waals surface area contributed by atoms with Crippen molar-refractivity contribution in [3.8, 4) is 0 Å². The number of carbonyl (C=O) groups excluding carboxylic acids is 4. The number of primary amides is 1. The first-order chi connectivity index (χ1) is 21.9. The molecule has 0 saturated heterocycles. The summed E-state index contributed by atoms with van der Waals surface area (Å²) < 4.78 is 0. The molecular formula is C33H41N7O6. The zero-order valence-corrected chi connectivity index (χ0v) is 25.8. The summed E-state index contributed by atoms with van der Waals surface area (Å²) >= 11 is 0.